The molecule has 16 heavy (non-hydrogen) atoms. The molecule has 1 aliphatic rings. The van der Waals surface area contributed by atoms with Crippen LogP contribution in [0.15, 0.2) is 11.5 Å². The molecule has 0 bridgehead atoms. The van der Waals surface area contributed by atoms with E-state index in [9.17, 15) is 8.42 Å². The number of nitrogens with zero attached hydrogens (tertiary/aromatic N) is 1. The van der Waals surface area contributed by atoms with Gasteiger partial charge in [0.05, 0.1) is 0 Å². The quantitative estimate of drug-likeness (QED) is 0.734. The first-order valence-corrected chi connectivity index (χ1v) is 8.11. The molecule has 0 aliphatic carbocycles. The second-order valence-corrected chi connectivity index (χ2v) is 7.19. The van der Waals surface area contributed by atoms with Crippen molar-refractivity contribution in [2.24, 2.45) is 5.92 Å². The number of allylic oxidation sites excluding steroid dienone is 1. The Labute approximate surface area is 103 Å². The highest BCUT2D eigenvalue weighted by Crippen LogP contribution is 2.21. The van der Waals surface area contributed by atoms with Crippen LogP contribution in [0.4, 0.5) is 0 Å². The smallest absolute Gasteiger partial charge is 0.254 e. The summed E-state index contributed by atoms with van der Waals surface area (Å²) in [6, 6.07) is 0.573. The van der Waals surface area contributed by atoms with Gasteiger partial charge < -0.3 is 4.90 Å². The SMILES string of the molecule is CC(C)N1CCCC(C/C=C\S(=O)(=O)Cl)C1. The van der Waals surface area contributed by atoms with Gasteiger partial charge in [0, 0.05) is 28.7 Å². The molecule has 1 unspecified atom stereocenters. The molecule has 1 heterocycles. The Kier molecular flexibility index (Phi) is 5.28. The Balaban J connectivity index is 2.41. The third-order valence-electron chi connectivity index (χ3n) is 3.01. The first-order valence-electron chi connectivity index (χ1n) is 5.74. The van der Waals surface area contributed by atoms with Crippen LogP contribution < -0.4 is 0 Å². The predicted octanol–water partition coefficient (Wildman–Crippen LogP) is 2.58. The van der Waals surface area contributed by atoms with Crippen LogP contribution >= 0.6 is 10.7 Å². The minimum Gasteiger partial charge on any atom is -0.301 e. The van der Waals surface area contributed by atoms with Crippen LogP contribution in [0, 0.1) is 5.92 Å². The highest BCUT2D eigenvalue weighted by molar-refractivity contribution is 8.16. The van der Waals surface area contributed by atoms with Gasteiger partial charge in [0.25, 0.3) is 9.05 Å². The van der Waals surface area contributed by atoms with E-state index in [0.29, 0.717) is 12.0 Å². The van der Waals surface area contributed by atoms with Crippen LogP contribution in [-0.2, 0) is 9.05 Å². The number of hydrogen-bond acceptors (Lipinski definition) is 3. The van der Waals surface area contributed by atoms with Crippen LogP contribution in [0.5, 0.6) is 0 Å². The third kappa shape index (κ3) is 5.32. The van der Waals surface area contributed by atoms with Crippen molar-refractivity contribution in [1.29, 1.82) is 0 Å². The van der Waals surface area contributed by atoms with Gasteiger partial charge >= 0.3 is 0 Å². The maximum absolute atomic E-state index is 10.7. The maximum atomic E-state index is 10.7. The average molecular weight is 266 g/mol. The molecule has 0 radical (unpaired) electrons. The molecule has 0 saturated carbocycles. The molecule has 94 valence electrons. The molecular formula is C11H20ClNO2S. The molecular weight excluding hydrogens is 246 g/mol. The first kappa shape index (κ1) is 14.0. The molecule has 1 atom stereocenters. The molecule has 1 aliphatic heterocycles. The van der Waals surface area contributed by atoms with Gasteiger partial charge in [-0.25, -0.2) is 8.42 Å². The van der Waals surface area contributed by atoms with E-state index in [-0.39, 0.29) is 0 Å². The predicted molar refractivity (Wildman–Crippen MR) is 68.0 cm³/mol. The lowest BCUT2D eigenvalue weighted by molar-refractivity contribution is 0.141. The molecule has 1 saturated heterocycles. The molecule has 0 N–H and O–H groups in total. The monoisotopic (exact) mass is 265 g/mol. The number of halogens is 1. The molecule has 0 aromatic heterocycles. The fourth-order valence-corrected chi connectivity index (χ4v) is 2.68. The van der Waals surface area contributed by atoms with Crippen LogP contribution in [0.25, 0.3) is 0 Å². The Hall–Kier alpha value is -0.0600. The van der Waals surface area contributed by atoms with E-state index in [0.717, 1.165) is 24.9 Å². The zero-order valence-electron chi connectivity index (χ0n) is 9.89. The number of hydrogen-bond donors (Lipinski definition) is 0. The second-order valence-electron chi connectivity index (χ2n) is 4.68. The van der Waals surface area contributed by atoms with Crippen molar-refractivity contribution >= 4 is 19.7 Å². The van der Waals surface area contributed by atoms with Crippen molar-refractivity contribution in [3.8, 4) is 0 Å². The topological polar surface area (TPSA) is 37.4 Å². The fourth-order valence-electron chi connectivity index (χ4n) is 2.12. The van der Waals surface area contributed by atoms with Gasteiger partial charge in [-0.1, -0.05) is 6.08 Å². The molecule has 5 heteroatoms. The molecule has 0 amide bonds. The summed E-state index contributed by atoms with van der Waals surface area (Å²) in [4.78, 5) is 2.44. The summed E-state index contributed by atoms with van der Waals surface area (Å²) in [5.74, 6) is 0.561. The summed E-state index contributed by atoms with van der Waals surface area (Å²) >= 11 is 0. The van der Waals surface area contributed by atoms with E-state index in [1.165, 1.54) is 12.8 Å². The van der Waals surface area contributed by atoms with E-state index in [1.54, 1.807) is 6.08 Å². The van der Waals surface area contributed by atoms with Gasteiger partial charge in [-0.3, -0.25) is 0 Å². The average Bonchev–Trinajstić information content (AvgIpc) is 2.16. The second kappa shape index (κ2) is 6.03. The minimum absolute atomic E-state index is 0.561. The van der Waals surface area contributed by atoms with Gasteiger partial charge in [-0.15, -0.1) is 0 Å². The summed E-state index contributed by atoms with van der Waals surface area (Å²) in [7, 11) is 1.63. The molecule has 1 rings (SSSR count). The minimum atomic E-state index is -3.48. The molecule has 0 aromatic carbocycles. The van der Waals surface area contributed by atoms with Gasteiger partial charge in [0.15, 0.2) is 0 Å². The van der Waals surface area contributed by atoms with Crippen molar-refractivity contribution in [1.82, 2.24) is 4.90 Å². The fraction of sp³-hybridized carbons (Fsp3) is 0.818. The molecule has 1 fully saturated rings. The number of rotatable bonds is 4. The standard InChI is InChI=1S/C11H20ClNO2S/c1-10(2)13-7-3-5-11(9-13)6-4-8-16(12,14)15/h4,8,10-11H,3,5-7,9H2,1-2H3/b8-4-. The van der Waals surface area contributed by atoms with E-state index in [2.05, 4.69) is 18.7 Å². The largest absolute Gasteiger partial charge is 0.301 e. The van der Waals surface area contributed by atoms with E-state index in [1.807, 2.05) is 0 Å². The van der Waals surface area contributed by atoms with E-state index >= 15 is 0 Å². The van der Waals surface area contributed by atoms with Crippen LogP contribution in [-0.4, -0.2) is 32.4 Å². The Morgan fingerprint density at radius 1 is 1.50 bits per heavy atom. The number of likely N-dealkylation sites (tertiary alicyclic amines) is 1. The summed E-state index contributed by atoms with van der Waals surface area (Å²) in [5.41, 5.74) is 0. The lowest BCUT2D eigenvalue weighted by atomic mass is 9.94. The summed E-state index contributed by atoms with van der Waals surface area (Å²) in [5, 5.41) is 1.10. The van der Waals surface area contributed by atoms with Crippen molar-refractivity contribution in [3.63, 3.8) is 0 Å². The van der Waals surface area contributed by atoms with Gasteiger partial charge in [0.1, 0.15) is 0 Å². The van der Waals surface area contributed by atoms with Crippen molar-refractivity contribution in [2.45, 2.75) is 39.2 Å². The summed E-state index contributed by atoms with van der Waals surface area (Å²) < 4.78 is 21.4. The van der Waals surface area contributed by atoms with Crippen LogP contribution in [0.1, 0.15) is 33.1 Å². The van der Waals surface area contributed by atoms with Crippen LogP contribution in [0.2, 0.25) is 0 Å². The lowest BCUT2D eigenvalue weighted by Gasteiger charge is -2.35. The summed E-state index contributed by atoms with van der Waals surface area (Å²) in [6.07, 6.45) is 4.85. The van der Waals surface area contributed by atoms with Gasteiger partial charge in [0.2, 0.25) is 0 Å². The van der Waals surface area contributed by atoms with Gasteiger partial charge in [-0.05, 0) is 45.6 Å². The Morgan fingerprint density at radius 3 is 2.75 bits per heavy atom. The highest BCUT2D eigenvalue weighted by atomic mass is 35.7. The van der Waals surface area contributed by atoms with Crippen molar-refractivity contribution in [2.75, 3.05) is 13.1 Å². The van der Waals surface area contributed by atoms with Crippen molar-refractivity contribution < 1.29 is 8.42 Å². The lowest BCUT2D eigenvalue weighted by Crippen LogP contribution is -2.39. The molecule has 0 aromatic rings. The van der Waals surface area contributed by atoms with E-state index < -0.39 is 9.05 Å². The maximum Gasteiger partial charge on any atom is 0.254 e. The van der Waals surface area contributed by atoms with Crippen LogP contribution in [0.3, 0.4) is 0 Å². The van der Waals surface area contributed by atoms with Gasteiger partial charge in [-0.2, -0.15) is 0 Å². The Bertz CT molecular complexity index is 338. The van der Waals surface area contributed by atoms with Crippen molar-refractivity contribution in [3.05, 3.63) is 11.5 Å². The summed E-state index contributed by atoms with van der Waals surface area (Å²) in [6.45, 7) is 6.61. The first-order chi connectivity index (χ1) is 7.38. The zero-order valence-corrected chi connectivity index (χ0v) is 11.5. The highest BCUT2D eigenvalue weighted by Gasteiger charge is 2.20. The molecule has 0 spiro atoms. The number of piperidine rings is 1. The third-order valence-corrected chi connectivity index (χ3v) is 3.84. The zero-order chi connectivity index (χ0) is 12.2. The van der Waals surface area contributed by atoms with E-state index in [4.69, 9.17) is 10.7 Å². The normalized spacial score (nSPS) is 24.4. The Morgan fingerprint density at radius 2 is 2.19 bits per heavy atom. The molecule has 3 nitrogen and oxygen atoms in total.